The van der Waals surface area contributed by atoms with Crippen molar-refractivity contribution < 1.29 is 9.53 Å². The molecule has 0 saturated heterocycles. The summed E-state index contributed by atoms with van der Waals surface area (Å²) >= 11 is 1.67. The van der Waals surface area contributed by atoms with Crippen LogP contribution in [0.25, 0.3) is 0 Å². The van der Waals surface area contributed by atoms with Gasteiger partial charge in [0.05, 0.1) is 0 Å². The van der Waals surface area contributed by atoms with Gasteiger partial charge in [0.2, 0.25) is 0 Å². The first kappa shape index (κ1) is 15.4. The molecule has 0 radical (unpaired) electrons. The van der Waals surface area contributed by atoms with E-state index in [0.29, 0.717) is 18.6 Å². The Morgan fingerprint density at radius 2 is 2.00 bits per heavy atom. The fourth-order valence-corrected chi connectivity index (χ4v) is 2.73. The fourth-order valence-electron chi connectivity index (χ4n) is 2.21. The molecule has 0 aromatic heterocycles. The molecule has 20 heavy (non-hydrogen) atoms. The molecule has 0 unspecified atom stereocenters. The van der Waals surface area contributed by atoms with Gasteiger partial charge in [-0.2, -0.15) is 0 Å². The van der Waals surface area contributed by atoms with Gasteiger partial charge in [0, 0.05) is 31.2 Å². The molecule has 0 atom stereocenters. The molecule has 1 aromatic rings. The van der Waals surface area contributed by atoms with Gasteiger partial charge in [-0.05, 0) is 24.0 Å². The van der Waals surface area contributed by atoms with Crippen LogP contribution in [0.5, 0.6) is 5.75 Å². The van der Waals surface area contributed by atoms with E-state index in [4.69, 9.17) is 4.74 Å². The Kier molecular flexibility index (Phi) is 5.49. The van der Waals surface area contributed by atoms with Gasteiger partial charge in [-0.1, -0.05) is 37.9 Å². The smallest absolute Gasteiger partial charge is 0.139 e. The zero-order valence-electron chi connectivity index (χ0n) is 12.4. The van der Waals surface area contributed by atoms with E-state index in [-0.39, 0.29) is 11.7 Å². The molecule has 1 aliphatic rings. The lowest BCUT2D eigenvalue weighted by Gasteiger charge is -2.35. The number of ether oxygens (including phenoxy) is 1. The summed E-state index contributed by atoms with van der Waals surface area (Å²) in [5.41, 5.74) is 1.06. The number of rotatable bonds is 7. The third kappa shape index (κ3) is 4.25. The van der Waals surface area contributed by atoms with Crippen LogP contribution in [0.3, 0.4) is 0 Å². The Morgan fingerprint density at radius 1 is 1.35 bits per heavy atom. The Bertz CT molecular complexity index is 438. The molecule has 0 bridgehead atoms. The van der Waals surface area contributed by atoms with Crippen LogP contribution in [0.1, 0.15) is 32.3 Å². The Balaban J connectivity index is 1.79. The summed E-state index contributed by atoms with van der Waals surface area (Å²) < 4.78 is 9.24. The average Bonchev–Trinajstić information content (AvgIpc) is 2.38. The van der Waals surface area contributed by atoms with Crippen molar-refractivity contribution in [1.29, 1.82) is 0 Å². The number of Topliss-reactive ketones (excluding diaryl/α,β-unsaturated/α-hetero) is 1. The van der Waals surface area contributed by atoms with Gasteiger partial charge in [-0.3, -0.25) is 9.52 Å². The number of ketones is 1. The third-order valence-electron chi connectivity index (χ3n) is 3.63. The Hall–Kier alpha value is -1.00. The first-order chi connectivity index (χ1) is 9.58. The van der Waals surface area contributed by atoms with Crippen molar-refractivity contribution >= 4 is 17.7 Å². The molecule has 0 aliphatic heterocycles. The maximum absolute atomic E-state index is 11.7. The van der Waals surface area contributed by atoms with Crippen molar-refractivity contribution in [3.63, 3.8) is 0 Å². The average molecular weight is 293 g/mol. The predicted molar refractivity (Wildman–Crippen MR) is 84.1 cm³/mol. The van der Waals surface area contributed by atoms with E-state index >= 15 is 0 Å². The lowest BCUT2D eigenvalue weighted by Crippen LogP contribution is -2.44. The van der Waals surface area contributed by atoms with E-state index in [9.17, 15) is 4.79 Å². The first-order valence-corrected chi connectivity index (χ1v) is 8.37. The van der Waals surface area contributed by atoms with E-state index in [2.05, 4.69) is 4.72 Å². The highest BCUT2D eigenvalue weighted by atomic mass is 32.2. The van der Waals surface area contributed by atoms with Crippen LogP contribution in [0.15, 0.2) is 24.3 Å². The standard InChI is InChI=1S/C16H23NO2S/c1-11(2)16(18)8-12-4-6-14(7-5-12)19-15-9-13(10-15)17-20-3/h4-7,11,13,15,17H,8-10H2,1-3H3. The molecule has 1 saturated carbocycles. The van der Waals surface area contributed by atoms with Crippen molar-refractivity contribution in [2.45, 2.75) is 45.3 Å². The van der Waals surface area contributed by atoms with Crippen LogP contribution >= 0.6 is 11.9 Å². The van der Waals surface area contributed by atoms with Gasteiger partial charge in [-0.15, -0.1) is 0 Å². The highest BCUT2D eigenvalue weighted by Crippen LogP contribution is 2.27. The molecule has 3 nitrogen and oxygen atoms in total. The topological polar surface area (TPSA) is 38.3 Å². The highest BCUT2D eigenvalue weighted by Gasteiger charge is 2.30. The van der Waals surface area contributed by atoms with Crippen LogP contribution < -0.4 is 9.46 Å². The first-order valence-electron chi connectivity index (χ1n) is 7.15. The third-order valence-corrected chi connectivity index (χ3v) is 4.20. The Labute approximate surface area is 125 Å². The van der Waals surface area contributed by atoms with E-state index in [1.54, 1.807) is 11.9 Å². The van der Waals surface area contributed by atoms with Crippen LogP contribution in [0.2, 0.25) is 0 Å². The minimum absolute atomic E-state index is 0.0989. The van der Waals surface area contributed by atoms with Crippen LogP contribution in [0, 0.1) is 5.92 Å². The van der Waals surface area contributed by atoms with Gasteiger partial charge in [-0.25, -0.2) is 0 Å². The van der Waals surface area contributed by atoms with E-state index < -0.39 is 0 Å². The van der Waals surface area contributed by atoms with Crippen LogP contribution in [-0.4, -0.2) is 24.2 Å². The second-order valence-electron chi connectivity index (χ2n) is 5.67. The van der Waals surface area contributed by atoms with E-state index in [1.165, 1.54) is 0 Å². The van der Waals surface area contributed by atoms with Gasteiger partial charge >= 0.3 is 0 Å². The zero-order valence-corrected chi connectivity index (χ0v) is 13.2. The minimum Gasteiger partial charge on any atom is -0.490 e. The number of carbonyl (C=O) groups excluding carboxylic acids is 1. The lowest BCUT2D eigenvalue weighted by molar-refractivity contribution is -0.121. The summed E-state index contributed by atoms with van der Waals surface area (Å²) in [6.07, 6.45) is 5.01. The number of benzene rings is 1. The predicted octanol–water partition coefficient (Wildman–Crippen LogP) is 3.23. The molecular weight excluding hydrogens is 270 g/mol. The molecule has 0 amide bonds. The molecule has 1 aliphatic carbocycles. The summed E-state index contributed by atoms with van der Waals surface area (Å²) in [6, 6.07) is 8.51. The second-order valence-corrected chi connectivity index (χ2v) is 6.32. The largest absolute Gasteiger partial charge is 0.490 e. The number of hydrogen-bond donors (Lipinski definition) is 1. The summed E-state index contributed by atoms with van der Waals surface area (Å²) in [7, 11) is 0. The van der Waals surface area contributed by atoms with Gasteiger partial charge in [0.25, 0.3) is 0 Å². The van der Waals surface area contributed by atoms with Crippen molar-refractivity contribution in [3.8, 4) is 5.75 Å². The number of nitrogens with one attached hydrogen (secondary N) is 1. The molecule has 1 aromatic carbocycles. The van der Waals surface area contributed by atoms with Gasteiger partial charge in [0.1, 0.15) is 17.6 Å². The summed E-state index contributed by atoms with van der Waals surface area (Å²) in [5, 5.41) is 0. The van der Waals surface area contributed by atoms with Crippen LogP contribution in [0.4, 0.5) is 0 Å². The highest BCUT2D eigenvalue weighted by molar-refractivity contribution is 7.96. The summed E-state index contributed by atoms with van der Waals surface area (Å²) in [5.74, 6) is 1.28. The number of carbonyl (C=O) groups is 1. The normalized spacial score (nSPS) is 21.6. The molecule has 1 N–H and O–H groups in total. The maximum atomic E-state index is 11.7. The van der Waals surface area contributed by atoms with Crippen molar-refractivity contribution in [2.24, 2.45) is 5.92 Å². The SMILES string of the molecule is CSNC1CC(Oc2ccc(CC(=O)C(C)C)cc2)C1. The molecule has 110 valence electrons. The minimum atomic E-state index is 0.0989. The fraction of sp³-hybridized carbons (Fsp3) is 0.562. The molecule has 4 heteroatoms. The van der Waals surface area contributed by atoms with Crippen molar-refractivity contribution in [3.05, 3.63) is 29.8 Å². The lowest BCUT2D eigenvalue weighted by atomic mass is 9.90. The van der Waals surface area contributed by atoms with E-state index in [1.807, 2.05) is 44.4 Å². The Morgan fingerprint density at radius 3 is 2.55 bits per heavy atom. The maximum Gasteiger partial charge on any atom is 0.139 e. The summed E-state index contributed by atoms with van der Waals surface area (Å²) in [6.45, 7) is 3.88. The van der Waals surface area contributed by atoms with Gasteiger partial charge in [0.15, 0.2) is 0 Å². The molecule has 2 rings (SSSR count). The summed E-state index contributed by atoms with van der Waals surface area (Å²) in [4.78, 5) is 11.7. The zero-order chi connectivity index (χ0) is 14.5. The van der Waals surface area contributed by atoms with Crippen molar-refractivity contribution in [1.82, 2.24) is 4.72 Å². The monoisotopic (exact) mass is 293 g/mol. The molecule has 1 fully saturated rings. The van der Waals surface area contributed by atoms with Crippen LogP contribution in [-0.2, 0) is 11.2 Å². The molecular formula is C16H23NO2S. The quantitative estimate of drug-likeness (QED) is 0.783. The van der Waals surface area contributed by atoms with E-state index in [0.717, 1.165) is 24.2 Å². The number of hydrogen-bond acceptors (Lipinski definition) is 4. The van der Waals surface area contributed by atoms with Crippen molar-refractivity contribution in [2.75, 3.05) is 6.26 Å². The van der Waals surface area contributed by atoms with Gasteiger partial charge < -0.3 is 4.74 Å². The molecule has 0 spiro atoms. The molecule has 0 heterocycles. The second kappa shape index (κ2) is 7.14.